The molecule has 206 valence electrons. The lowest BCUT2D eigenvalue weighted by Gasteiger charge is -2.33. The zero-order valence-electron chi connectivity index (χ0n) is 22.7. The molecule has 0 aliphatic carbocycles. The lowest BCUT2D eigenvalue weighted by atomic mass is 10.0. The first-order chi connectivity index (χ1) is 18.8. The average molecular weight is 553 g/mol. The minimum Gasteiger partial charge on any atom is -0.854 e. The standard InChI is InChI=1S/C28H32N4O6S/c1-6-7-8-11-14-39-28-29-26(35)24-20-12-9-10-13-21(20)31(17(2)33)27(32(24)30-28)19-15-22(36-4)25(38-18(3)34)23(16-19)37-5/h9-10,12-13,15-16,27H,6-8,11,14H2,1-5H3. The van der Waals surface area contributed by atoms with Gasteiger partial charge in [0.15, 0.2) is 11.5 Å². The van der Waals surface area contributed by atoms with Crippen LogP contribution in [0.1, 0.15) is 58.2 Å². The number of para-hydroxylation sites is 1. The quantitative estimate of drug-likeness (QED) is 0.121. The molecular weight excluding hydrogens is 520 g/mol. The minimum atomic E-state index is -0.864. The third-order valence-electron chi connectivity index (χ3n) is 6.31. The Balaban J connectivity index is 1.92. The van der Waals surface area contributed by atoms with Gasteiger partial charge < -0.3 is 19.3 Å². The number of hydrogen-bond acceptors (Lipinski definition) is 9. The first-order valence-electron chi connectivity index (χ1n) is 12.8. The summed E-state index contributed by atoms with van der Waals surface area (Å²) in [5, 5.41) is 18.6. The molecule has 1 aliphatic rings. The van der Waals surface area contributed by atoms with Crippen LogP contribution in [0.3, 0.4) is 0 Å². The highest BCUT2D eigenvalue weighted by Gasteiger charge is 2.44. The van der Waals surface area contributed by atoms with E-state index in [-0.39, 0.29) is 28.8 Å². The number of fused-ring (bicyclic) bond motifs is 3. The van der Waals surface area contributed by atoms with Crippen molar-refractivity contribution >= 4 is 29.3 Å². The number of carbonyl (C=O) groups excluding carboxylic acids is 2. The molecule has 0 fully saturated rings. The summed E-state index contributed by atoms with van der Waals surface area (Å²) in [6, 6.07) is 10.5. The number of ether oxygens (including phenoxy) is 3. The van der Waals surface area contributed by atoms with Gasteiger partial charge in [-0.05, 0) is 30.7 Å². The van der Waals surface area contributed by atoms with E-state index in [0.29, 0.717) is 22.0 Å². The highest BCUT2D eigenvalue weighted by molar-refractivity contribution is 7.99. The third-order valence-corrected chi connectivity index (χ3v) is 7.24. The average Bonchev–Trinajstić information content (AvgIpc) is 2.91. The van der Waals surface area contributed by atoms with Gasteiger partial charge >= 0.3 is 5.97 Å². The molecule has 2 aromatic carbocycles. The number of methoxy groups -OCH3 is 2. The second-order valence-electron chi connectivity index (χ2n) is 9.03. The number of anilines is 1. The van der Waals surface area contributed by atoms with E-state index in [2.05, 4.69) is 11.9 Å². The van der Waals surface area contributed by atoms with E-state index in [4.69, 9.17) is 19.3 Å². The Hall–Kier alpha value is -3.86. The Labute approximate surface area is 231 Å². The van der Waals surface area contributed by atoms with E-state index in [9.17, 15) is 14.7 Å². The predicted octanol–water partition coefficient (Wildman–Crippen LogP) is 4.03. The van der Waals surface area contributed by atoms with Crippen LogP contribution < -0.4 is 28.9 Å². The van der Waals surface area contributed by atoms with E-state index in [1.54, 1.807) is 46.0 Å². The van der Waals surface area contributed by atoms with Gasteiger partial charge in [-0.25, -0.2) is 9.88 Å². The number of hydrogen-bond donors (Lipinski definition) is 0. The summed E-state index contributed by atoms with van der Waals surface area (Å²) in [4.78, 5) is 30.8. The van der Waals surface area contributed by atoms with Crippen LogP contribution in [0.15, 0.2) is 41.6 Å². The van der Waals surface area contributed by atoms with Crippen molar-refractivity contribution in [2.45, 2.75) is 57.8 Å². The molecule has 0 radical (unpaired) electrons. The molecule has 0 bridgehead atoms. The zero-order chi connectivity index (χ0) is 28.1. The first kappa shape index (κ1) is 28.2. The van der Waals surface area contributed by atoms with Crippen LogP contribution in [0.5, 0.6) is 23.1 Å². The fourth-order valence-electron chi connectivity index (χ4n) is 4.62. The number of unbranched alkanes of at least 4 members (excludes halogenated alkanes) is 3. The maximum absolute atomic E-state index is 13.5. The van der Waals surface area contributed by atoms with Crippen LogP contribution in [0.4, 0.5) is 5.69 Å². The van der Waals surface area contributed by atoms with Crippen LogP contribution in [0, 0.1) is 0 Å². The third kappa shape index (κ3) is 5.78. The van der Waals surface area contributed by atoms with Gasteiger partial charge in [-0.15, -0.1) is 0 Å². The van der Waals surface area contributed by atoms with Crippen LogP contribution in [-0.4, -0.2) is 41.9 Å². The van der Waals surface area contributed by atoms with E-state index < -0.39 is 18.0 Å². The minimum absolute atomic E-state index is 0.114. The summed E-state index contributed by atoms with van der Waals surface area (Å²) >= 11 is 1.42. The summed E-state index contributed by atoms with van der Waals surface area (Å²) in [5.41, 5.74) is 1.92. The molecule has 0 spiro atoms. The zero-order valence-corrected chi connectivity index (χ0v) is 23.5. The molecular formula is C28H32N4O6S. The number of rotatable bonds is 10. The van der Waals surface area contributed by atoms with Gasteiger partial charge in [0.2, 0.25) is 11.7 Å². The Morgan fingerprint density at radius 2 is 1.77 bits per heavy atom. The van der Waals surface area contributed by atoms with Crippen molar-refractivity contribution in [1.29, 1.82) is 0 Å². The van der Waals surface area contributed by atoms with Gasteiger partial charge in [0.25, 0.3) is 17.0 Å². The Morgan fingerprint density at radius 1 is 1.08 bits per heavy atom. The summed E-state index contributed by atoms with van der Waals surface area (Å²) in [7, 11) is 2.88. The molecule has 0 saturated carbocycles. The van der Waals surface area contributed by atoms with Crippen LogP contribution in [0.2, 0.25) is 0 Å². The summed E-state index contributed by atoms with van der Waals surface area (Å²) in [5.74, 6) is 0.111. The molecule has 0 saturated heterocycles. The monoisotopic (exact) mass is 552 g/mol. The predicted molar refractivity (Wildman–Crippen MR) is 144 cm³/mol. The number of amides is 1. The van der Waals surface area contributed by atoms with Gasteiger partial charge in [0.05, 0.1) is 36.9 Å². The number of nitrogens with zero attached hydrogens (tertiary/aromatic N) is 4. The molecule has 0 N–H and O–H groups in total. The van der Waals surface area contributed by atoms with Crippen LogP contribution in [-0.2, 0) is 9.59 Å². The molecule has 11 heteroatoms. The maximum Gasteiger partial charge on any atom is 0.308 e. The summed E-state index contributed by atoms with van der Waals surface area (Å²) < 4.78 is 18.0. The second kappa shape index (κ2) is 12.3. The number of benzene rings is 2. The topological polar surface area (TPSA) is 118 Å². The number of aromatic nitrogens is 3. The fraction of sp³-hybridized carbons (Fsp3) is 0.393. The molecule has 1 atom stereocenters. The first-order valence-corrected chi connectivity index (χ1v) is 13.8. The molecule has 1 aliphatic heterocycles. The highest BCUT2D eigenvalue weighted by atomic mass is 32.2. The molecule has 39 heavy (non-hydrogen) atoms. The van der Waals surface area contributed by atoms with Crippen molar-refractivity contribution in [2.75, 3.05) is 24.9 Å². The second-order valence-corrected chi connectivity index (χ2v) is 10.1. The van der Waals surface area contributed by atoms with Crippen LogP contribution >= 0.6 is 11.8 Å². The molecule has 1 unspecified atom stereocenters. The number of thioether (sulfide) groups is 1. The molecule has 10 nitrogen and oxygen atoms in total. The van der Waals surface area contributed by atoms with Gasteiger partial charge in [-0.2, -0.15) is 0 Å². The smallest absolute Gasteiger partial charge is 0.308 e. The van der Waals surface area contributed by atoms with Crippen molar-refractivity contribution < 1.29 is 33.6 Å². The molecule has 2 heterocycles. The SMILES string of the molecule is CCCCCCSc1nc([O-])c2[n+](n1)C(c1cc(OC)c(OC(C)=O)c(OC)c1)N(C(C)=O)c1ccccc1-2. The summed E-state index contributed by atoms with van der Waals surface area (Å²) in [6.07, 6.45) is 3.49. The number of esters is 1. The Kier molecular flexibility index (Phi) is 8.90. The maximum atomic E-state index is 13.5. The van der Waals surface area contributed by atoms with Gasteiger partial charge in [-0.3, -0.25) is 9.59 Å². The van der Waals surface area contributed by atoms with E-state index in [1.165, 1.54) is 39.8 Å². The molecule has 1 amide bonds. The van der Waals surface area contributed by atoms with E-state index >= 15 is 0 Å². The van der Waals surface area contributed by atoms with Crippen molar-refractivity contribution in [1.82, 2.24) is 10.1 Å². The Bertz CT molecular complexity index is 1360. The molecule has 4 rings (SSSR count). The van der Waals surface area contributed by atoms with Crippen LogP contribution in [0.25, 0.3) is 11.3 Å². The number of carbonyl (C=O) groups is 2. The van der Waals surface area contributed by atoms with Gasteiger partial charge in [0.1, 0.15) is 0 Å². The van der Waals surface area contributed by atoms with Crippen molar-refractivity contribution in [3.05, 3.63) is 42.0 Å². The van der Waals surface area contributed by atoms with Gasteiger partial charge in [0, 0.05) is 24.7 Å². The lowest BCUT2D eigenvalue weighted by Crippen LogP contribution is -2.58. The van der Waals surface area contributed by atoms with E-state index in [1.807, 2.05) is 0 Å². The lowest BCUT2D eigenvalue weighted by molar-refractivity contribution is -0.764. The Morgan fingerprint density at radius 3 is 2.38 bits per heavy atom. The fourth-order valence-corrected chi connectivity index (χ4v) is 5.45. The van der Waals surface area contributed by atoms with Crippen molar-refractivity contribution in [2.24, 2.45) is 0 Å². The summed E-state index contributed by atoms with van der Waals surface area (Å²) in [6.45, 7) is 4.89. The molecule has 1 aromatic heterocycles. The van der Waals surface area contributed by atoms with Crippen molar-refractivity contribution in [3.8, 4) is 34.4 Å². The van der Waals surface area contributed by atoms with Gasteiger partial charge in [-0.1, -0.05) is 54.8 Å². The normalized spacial score (nSPS) is 13.9. The molecule has 3 aromatic rings. The largest absolute Gasteiger partial charge is 0.854 e. The highest BCUT2D eigenvalue weighted by Crippen LogP contribution is 2.45. The van der Waals surface area contributed by atoms with Crippen molar-refractivity contribution in [3.63, 3.8) is 0 Å². The van der Waals surface area contributed by atoms with E-state index in [0.717, 1.165) is 31.4 Å².